The molecule has 5 rings (SSSR count). The van der Waals surface area contributed by atoms with Crippen LogP contribution in [0.3, 0.4) is 0 Å². The van der Waals surface area contributed by atoms with E-state index in [1.807, 2.05) is 42.5 Å². The van der Waals surface area contributed by atoms with Gasteiger partial charge in [0.15, 0.2) is 17.1 Å². The van der Waals surface area contributed by atoms with Crippen LogP contribution in [0, 0.1) is 0 Å². The molecule has 0 saturated heterocycles. The Bertz CT molecular complexity index is 1470. The highest BCUT2D eigenvalue weighted by atomic mass is 79.9. The standard InChI is InChI=1S/C22H13BrN4O4/c23-14-7-8-17(15(11-14)20-25-22(29)31-27-20)24-21(28)19-16-10-13(6-9-18(16)30-26-19)12-4-2-1-3-5-12/h1-11H,(H,24,28)(H,25,27,29). The summed E-state index contributed by atoms with van der Waals surface area (Å²) in [5.74, 6) is -0.959. The second kappa shape index (κ2) is 7.69. The predicted molar refractivity (Wildman–Crippen MR) is 118 cm³/mol. The molecular weight excluding hydrogens is 464 g/mol. The summed E-state index contributed by atoms with van der Waals surface area (Å²) >= 11 is 3.38. The maximum atomic E-state index is 13.0. The van der Waals surface area contributed by atoms with E-state index in [9.17, 15) is 9.59 Å². The first-order valence-corrected chi connectivity index (χ1v) is 10.00. The molecular formula is C22H13BrN4O4. The van der Waals surface area contributed by atoms with E-state index in [1.165, 1.54) is 0 Å². The van der Waals surface area contributed by atoms with Crippen LogP contribution < -0.4 is 11.1 Å². The molecule has 31 heavy (non-hydrogen) atoms. The topological polar surface area (TPSA) is 114 Å². The summed E-state index contributed by atoms with van der Waals surface area (Å²) in [6, 6.07) is 20.5. The fraction of sp³-hybridized carbons (Fsp3) is 0. The Morgan fingerprint density at radius 2 is 1.77 bits per heavy atom. The number of fused-ring (bicyclic) bond motifs is 1. The van der Waals surface area contributed by atoms with Crippen LogP contribution in [0.1, 0.15) is 10.5 Å². The second-order valence-electron chi connectivity index (χ2n) is 6.70. The molecule has 0 bridgehead atoms. The quantitative estimate of drug-likeness (QED) is 0.383. The second-order valence-corrected chi connectivity index (χ2v) is 7.61. The molecule has 0 saturated carbocycles. The predicted octanol–water partition coefficient (Wildman–Crippen LogP) is 4.85. The van der Waals surface area contributed by atoms with Gasteiger partial charge in [0.2, 0.25) is 0 Å². The molecule has 2 heterocycles. The molecule has 2 N–H and O–H groups in total. The number of benzene rings is 3. The highest BCUT2D eigenvalue weighted by Gasteiger charge is 2.20. The number of rotatable bonds is 4. The van der Waals surface area contributed by atoms with E-state index in [4.69, 9.17) is 4.52 Å². The van der Waals surface area contributed by atoms with Gasteiger partial charge in [-0.1, -0.05) is 62.6 Å². The summed E-state index contributed by atoms with van der Waals surface area (Å²) in [6.45, 7) is 0. The fourth-order valence-electron chi connectivity index (χ4n) is 3.26. The van der Waals surface area contributed by atoms with Gasteiger partial charge in [-0.3, -0.25) is 14.3 Å². The largest absolute Gasteiger partial charge is 0.439 e. The van der Waals surface area contributed by atoms with Gasteiger partial charge in [-0.05, 0) is 41.5 Å². The number of aromatic amines is 1. The summed E-state index contributed by atoms with van der Waals surface area (Å²) in [7, 11) is 0. The molecule has 1 amide bonds. The number of amides is 1. The van der Waals surface area contributed by atoms with E-state index < -0.39 is 11.7 Å². The van der Waals surface area contributed by atoms with Crippen LogP contribution >= 0.6 is 15.9 Å². The first-order chi connectivity index (χ1) is 15.1. The van der Waals surface area contributed by atoms with E-state index in [0.29, 0.717) is 22.2 Å². The molecule has 0 aliphatic rings. The van der Waals surface area contributed by atoms with Crippen molar-refractivity contribution in [1.29, 1.82) is 0 Å². The number of hydrogen-bond acceptors (Lipinski definition) is 6. The average molecular weight is 477 g/mol. The minimum Gasteiger partial charge on any atom is -0.355 e. The Hall–Kier alpha value is -3.98. The molecule has 0 atom stereocenters. The smallest absolute Gasteiger partial charge is 0.355 e. The molecule has 0 aliphatic carbocycles. The minimum atomic E-state index is -0.691. The summed E-state index contributed by atoms with van der Waals surface area (Å²) in [4.78, 5) is 26.9. The van der Waals surface area contributed by atoms with Crippen LogP contribution in [-0.4, -0.2) is 21.2 Å². The normalized spacial score (nSPS) is 11.0. The maximum absolute atomic E-state index is 13.0. The zero-order valence-corrected chi connectivity index (χ0v) is 17.3. The van der Waals surface area contributed by atoms with Gasteiger partial charge in [0.1, 0.15) is 0 Å². The summed E-state index contributed by atoms with van der Waals surface area (Å²) < 4.78 is 10.7. The molecule has 8 nitrogen and oxygen atoms in total. The van der Waals surface area contributed by atoms with Crippen molar-refractivity contribution in [3.05, 3.63) is 87.4 Å². The van der Waals surface area contributed by atoms with Crippen molar-refractivity contribution in [2.75, 3.05) is 5.32 Å². The van der Waals surface area contributed by atoms with Gasteiger partial charge in [-0.2, -0.15) is 0 Å². The first-order valence-electron chi connectivity index (χ1n) is 9.20. The average Bonchev–Trinajstić information content (AvgIpc) is 3.41. The maximum Gasteiger partial charge on any atom is 0.439 e. The van der Waals surface area contributed by atoms with Crippen molar-refractivity contribution in [1.82, 2.24) is 15.3 Å². The lowest BCUT2D eigenvalue weighted by Gasteiger charge is -2.08. The van der Waals surface area contributed by atoms with Crippen molar-refractivity contribution in [3.63, 3.8) is 0 Å². The number of nitrogens with one attached hydrogen (secondary N) is 2. The third-order valence-corrected chi connectivity index (χ3v) is 5.21. The van der Waals surface area contributed by atoms with Gasteiger partial charge in [0.25, 0.3) is 5.91 Å². The van der Waals surface area contributed by atoms with Crippen LogP contribution in [0.25, 0.3) is 33.5 Å². The van der Waals surface area contributed by atoms with E-state index >= 15 is 0 Å². The Balaban J connectivity index is 1.52. The van der Waals surface area contributed by atoms with Crippen molar-refractivity contribution in [2.24, 2.45) is 0 Å². The number of nitrogens with zero attached hydrogens (tertiary/aromatic N) is 2. The Morgan fingerprint density at radius 3 is 2.55 bits per heavy atom. The van der Waals surface area contributed by atoms with E-state index in [1.54, 1.807) is 24.3 Å². The molecule has 2 aromatic heterocycles. The van der Waals surface area contributed by atoms with Gasteiger partial charge in [0.05, 0.1) is 11.1 Å². The SMILES string of the molecule is O=C(Nc1ccc(Br)cc1-c1noc(=O)[nH]1)c1noc2ccc(-c3ccccc3)cc12. The molecule has 0 radical (unpaired) electrons. The zero-order valence-electron chi connectivity index (χ0n) is 15.8. The minimum absolute atomic E-state index is 0.148. The summed E-state index contributed by atoms with van der Waals surface area (Å²) in [6.07, 6.45) is 0. The van der Waals surface area contributed by atoms with Gasteiger partial charge >= 0.3 is 5.76 Å². The number of hydrogen-bond donors (Lipinski definition) is 2. The Morgan fingerprint density at radius 1 is 0.935 bits per heavy atom. The lowest BCUT2D eigenvalue weighted by Crippen LogP contribution is -2.13. The number of aromatic nitrogens is 3. The number of carbonyl (C=O) groups is 1. The van der Waals surface area contributed by atoms with Crippen LogP contribution in [-0.2, 0) is 0 Å². The lowest BCUT2D eigenvalue weighted by molar-refractivity contribution is 0.102. The van der Waals surface area contributed by atoms with Gasteiger partial charge < -0.3 is 9.84 Å². The van der Waals surface area contributed by atoms with E-state index in [2.05, 4.69) is 41.1 Å². The van der Waals surface area contributed by atoms with Crippen LogP contribution in [0.2, 0.25) is 0 Å². The van der Waals surface area contributed by atoms with Gasteiger partial charge in [-0.15, -0.1) is 0 Å². The number of carbonyl (C=O) groups excluding carboxylic acids is 1. The molecule has 152 valence electrons. The van der Waals surface area contributed by atoms with Crippen molar-refractivity contribution in [3.8, 4) is 22.5 Å². The monoisotopic (exact) mass is 476 g/mol. The third kappa shape index (κ3) is 3.66. The van der Waals surface area contributed by atoms with Crippen molar-refractivity contribution in [2.45, 2.75) is 0 Å². The zero-order chi connectivity index (χ0) is 21.4. The van der Waals surface area contributed by atoms with Gasteiger partial charge in [-0.25, -0.2) is 4.79 Å². The molecule has 9 heteroatoms. The van der Waals surface area contributed by atoms with Crippen molar-refractivity contribution < 1.29 is 13.8 Å². The lowest BCUT2D eigenvalue weighted by atomic mass is 10.0. The molecule has 5 aromatic rings. The number of halogens is 1. The molecule has 0 aliphatic heterocycles. The van der Waals surface area contributed by atoms with Crippen LogP contribution in [0.4, 0.5) is 5.69 Å². The first kappa shape index (κ1) is 19.0. The Kier molecular flexibility index (Phi) is 4.72. The number of anilines is 1. The highest BCUT2D eigenvalue weighted by Crippen LogP contribution is 2.30. The van der Waals surface area contributed by atoms with E-state index in [-0.39, 0.29) is 11.5 Å². The molecule has 0 spiro atoms. The van der Waals surface area contributed by atoms with Gasteiger partial charge in [0, 0.05) is 10.0 Å². The fourth-order valence-corrected chi connectivity index (χ4v) is 3.62. The van der Waals surface area contributed by atoms with Crippen molar-refractivity contribution >= 4 is 38.5 Å². The summed E-state index contributed by atoms with van der Waals surface area (Å²) in [5, 5.41) is 11.1. The highest BCUT2D eigenvalue weighted by molar-refractivity contribution is 9.10. The van der Waals surface area contributed by atoms with E-state index in [0.717, 1.165) is 15.6 Å². The third-order valence-electron chi connectivity index (χ3n) is 4.72. The molecule has 3 aromatic carbocycles. The Labute approximate surface area is 183 Å². The number of H-pyrrole nitrogens is 1. The van der Waals surface area contributed by atoms with Crippen LogP contribution in [0.5, 0.6) is 0 Å². The molecule has 0 fully saturated rings. The summed E-state index contributed by atoms with van der Waals surface area (Å²) in [5.41, 5.74) is 3.51. The molecule has 0 unspecified atom stereocenters. The van der Waals surface area contributed by atoms with Crippen LogP contribution in [0.15, 0.2) is 85.0 Å².